The van der Waals surface area contributed by atoms with Gasteiger partial charge in [-0.2, -0.15) is 13.2 Å². The highest BCUT2D eigenvalue weighted by atomic mass is 19.4. The van der Waals surface area contributed by atoms with Crippen LogP contribution in [0.25, 0.3) is 11.4 Å². The summed E-state index contributed by atoms with van der Waals surface area (Å²) in [6.07, 6.45) is -0.780. The van der Waals surface area contributed by atoms with Crippen LogP contribution in [0.1, 0.15) is 50.0 Å². The van der Waals surface area contributed by atoms with Crippen molar-refractivity contribution in [3.8, 4) is 11.4 Å². The molecule has 2 aliphatic heterocycles. The summed E-state index contributed by atoms with van der Waals surface area (Å²) in [6, 6.07) is 0.186. The van der Waals surface area contributed by atoms with Crippen molar-refractivity contribution in [2.24, 2.45) is 5.92 Å². The summed E-state index contributed by atoms with van der Waals surface area (Å²) in [5.41, 5.74) is -3.32. The first kappa shape index (κ1) is 24.1. The maximum Gasteiger partial charge on any atom is 0.417 e. The molecule has 190 valence electrons. The quantitative estimate of drug-likeness (QED) is 0.471. The largest absolute Gasteiger partial charge is 0.423 e. The van der Waals surface area contributed by atoms with Gasteiger partial charge in [-0.1, -0.05) is 13.3 Å². The summed E-state index contributed by atoms with van der Waals surface area (Å²) >= 11 is 0. The first-order valence-corrected chi connectivity index (χ1v) is 11.3. The van der Waals surface area contributed by atoms with E-state index in [0.29, 0.717) is 37.0 Å². The number of aryl methyl sites for hydroxylation is 1. The number of anilines is 1. The van der Waals surface area contributed by atoms with E-state index in [1.165, 1.54) is 4.90 Å². The molecule has 3 aliphatic rings. The molecule has 2 amide bonds. The van der Waals surface area contributed by atoms with Crippen LogP contribution in [0.4, 0.5) is 32.4 Å². The van der Waals surface area contributed by atoms with Crippen molar-refractivity contribution < 1.29 is 31.2 Å². The highest BCUT2D eigenvalue weighted by molar-refractivity contribution is 5.92. The normalized spacial score (nSPS) is 23.4. The van der Waals surface area contributed by atoms with Gasteiger partial charge >= 0.3 is 12.2 Å². The third kappa shape index (κ3) is 3.95. The predicted octanol–water partition coefficient (Wildman–Crippen LogP) is 5.45. The number of hydrogen-bond acceptors (Lipinski definition) is 6. The number of alkyl halides is 3. The minimum Gasteiger partial charge on any atom is -0.423 e. The number of carbonyl (C=O) groups excluding carboxylic acids is 1. The average molecular weight is 508 g/mol. The monoisotopic (exact) mass is 508 g/mol. The van der Waals surface area contributed by atoms with Gasteiger partial charge in [0.25, 0.3) is 0 Å². The Morgan fingerprint density at radius 2 is 1.92 bits per heavy atom. The van der Waals surface area contributed by atoms with E-state index >= 15 is 0 Å². The first-order chi connectivity index (χ1) is 17.0. The fraction of sp³-hybridized carbons (Fsp3) is 0.435. The lowest BCUT2D eigenvalue weighted by atomic mass is 9.63. The molecule has 3 atom stereocenters. The highest BCUT2D eigenvalue weighted by Gasteiger charge is 2.62. The molecule has 3 unspecified atom stereocenters. The molecule has 3 fully saturated rings. The van der Waals surface area contributed by atoms with Gasteiger partial charge in [0, 0.05) is 24.9 Å². The molecule has 1 aromatic carbocycles. The molecule has 2 saturated heterocycles. The Morgan fingerprint density at radius 1 is 1.19 bits per heavy atom. The number of carbonyl (C=O) groups is 1. The van der Waals surface area contributed by atoms with Crippen molar-refractivity contribution in [1.29, 1.82) is 0 Å². The van der Waals surface area contributed by atoms with Crippen molar-refractivity contribution in [1.82, 2.24) is 25.1 Å². The fourth-order valence-corrected chi connectivity index (χ4v) is 5.28. The molecule has 2 aromatic heterocycles. The molecular formula is C23H21F5N6O2. The Morgan fingerprint density at radius 3 is 2.53 bits per heavy atom. The molecule has 2 bridgehead atoms. The van der Waals surface area contributed by atoms with Gasteiger partial charge in [-0.05, 0) is 30.9 Å². The summed E-state index contributed by atoms with van der Waals surface area (Å²) < 4.78 is 74.6. The molecule has 36 heavy (non-hydrogen) atoms. The van der Waals surface area contributed by atoms with Crippen LogP contribution in [-0.2, 0) is 11.7 Å². The SMILES string of the molecule is CCC1CC2CC(c3nnc(C)o3)(C1)N2C(=O)Nc1cc(-c2ncc(F)cn2)c(C(F)(F)F)cc1F. The summed E-state index contributed by atoms with van der Waals surface area (Å²) in [5.74, 6) is -1.69. The van der Waals surface area contributed by atoms with Gasteiger partial charge in [0.1, 0.15) is 11.4 Å². The minimum absolute atomic E-state index is 0.173. The number of aromatic nitrogens is 4. The third-order valence-corrected chi connectivity index (χ3v) is 6.87. The summed E-state index contributed by atoms with van der Waals surface area (Å²) in [4.78, 5) is 22.1. The van der Waals surface area contributed by atoms with Crippen LogP contribution < -0.4 is 5.32 Å². The number of nitrogens with zero attached hydrogens (tertiary/aromatic N) is 5. The number of halogens is 5. The van der Waals surface area contributed by atoms with E-state index in [1.807, 2.05) is 6.92 Å². The van der Waals surface area contributed by atoms with Gasteiger partial charge in [-0.3, -0.25) is 0 Å². The Kier molecular flexibility index (Phi) is 5.67. The van der Waals surface area contributed by atoms with Crippen LogP contribution in [0.3, 0.4) is 0 Å². The lowest BCUT2D eigenvalue weighted by molar-refractivity contribution is -0.137. The van der Waals surface area contributed by atoms with Crippen LogP contribution in [0, 0.1) is 24.5 Å². The molecule has 0 radical (unpaired) electrons. The number of fused-ring (bicyclic) bond motifs is 2. The minimum atomic E-state index is -4.94. The third-order valence-electron chi connectivity index (χ3n) is 6.87. The Balaban J connectivity index is 1.50. The van der Waals surface area contributed by atoms with E-state index in [-0.39, 0.29) is 18.0 Å². The zero-order valence-corrected chi connectivity index (χ0v) is 19.2. The van der Waals surface area contributed by atoms with E-state index < -0.39 is 52.0 Å². The second-order valence-electron chi connectivity index (χ2n) is 9.13. The number of nitrogens with one attached hydrogen (secondary N) is 1. The Labute approximate surface area is 201 Å². The highest BCUT2D eigenvalue weighted by Crippen LogP contribution is 2.56. The molecule has 3 aromatic rings. The van der Waals surface area contributed by atoms with Crippen molar-refractivity contribution >= 4 is 11.7 Å². The number of piperidine rings is 1. The molecule has 8 nitrogen and oxygen atoms in total. The van der Waals surface area contributed by atoms with E-state index in [4.69, 9.17) is 4.42 Å². The fourth-order valence-electron chi connectivity index (χ4n) is 5.28. The van der Waals surface area contributed by atoms with E-state index in [9.17, 15) is 26.7 Å². The number of urea groups is 1. The van der Waals surface area contributed by atoms with Crippen molar-refractivity contribution in [3.63, 3.8) is 0 Å². The smallest absolute Gasteiger partial charge is 0.417 e. The number of benzene rings is 1. The van der Waals surface area contributed by atoms with Gasteiger partial charge < -0.3 is 14.6 Å². The lowest BCUT2D eigenvalue weighted by Crippen LogP contribution is -2.70. The van der Waals surface area contributed by atoms with E-state index in [1.54, 1.807) is 6.92 Å². The van der Waals surface area contributed by atoms with Crippen molar-refractivity contribution in [2.75, 3.05) is 5.32 Å². The van der Waals surface area contributed by atoms with Gasteiger partial charge in [-0.25, -0.2) is 23.5 Å². The zero-order valence-electron chi connectivity index (χ0n) is 19.2. The van der Waals surface area contributed by atoms with Crippen LogP contribution >= 0.6 is 0 Å². The van der Waals surface area contributed by atoms with Gasteiger partial charge in [0.2, 0.25) is 11.8 Å². The zero-order chi connectivity index (χ0) is 25.8. The topological polar surface area (TPSA) is 97.0 Å². The molecule has 13 heteroatoms. The van der Waals surface area contributed by atoms with Crippen LogP contribution in [0.5, 0.6) is 0 Å². The van der Waals surface area contributed by atoms with Crippen LogP contribution in [0.15, 0.2) is 28.9 Å². The van der Waals surface area contributed by atoms with Crippen LogP contribution in [0.2, 0.25) is 0 Å². The van der Waals surface area contributed by atoms with Gasteiger partial charge in [0.05, 0.1) is 23.6 Å². The first-order valence-electron chi connectivity index (χ1n) is 11.3. The van der Waals surface area contributed by atoms with Gasteiger partial charge in [0.15, 0.2) is 11.6 Å². The van der Waals surface area contributed by atoms with Gasteiger partial charge in [-0.15, -0.1) is 10.2 Å². The molecular weight excluding hydrogens is 487 g/mol. The molecule has 1 saturated carbocycles. The summed E-state index contributed by atoms with van der Waals surface area (Å²) in [6.45, 7) is 3.67. The van der Waals surface area contributed by atoms with Crippen molar-refractivity contribution in [2.45, 2.75) is 57.3 Å². The number of amides is 2. The molecule has 1 aliphatic carbocycles. The van der Waals surface area contributed by atoms with E-state index in [0.717, 1.165) is 18.9 Å². The number of rotatable bonds is 4. The Hall–Kier alpha value is -3.64. The maximum absolute atomic E-state index is 14.8. The second-order valence-corrected chi connectivity index (χ2v) is 9.13. The lowest BCUT2D eigenvalue weighted by Gasteiger charge is -2.61. The summed E-state index contributed by atoms with van der Waals surface area (Å²) in [7, 11) is 0. The Bertz CT molecular complexity index is 1310. The van der Waals surface area contributed by atoms with Crippen molar-refractivity contribution in [3.05, 3.63) is 53.5 Å². The number of hydrogen-bond donors (Lipinski definition) is 1. The molecule has 1 N–H and O–H groups in total. The standard InChI is InChI=1S/C23H21F5N6O2/c1-3-12-4-14-8-22(7-12,20-33-32-11(2)36-20)34(14)21(35)31-18-5-15(19-29-9-13(24)10-30-19)16(6-17(18)25)23(26,27)28/h5-6,9-10,12,14H,3-4,7-8H2,1-2H3,(H,31,35). The van der Waals surface area contributed by atoms with E-state index in [2.05, 4.69) is 25.5 Å². The van der Waals surface area contributed by atoms with Crippen LogP contribution in [-0.4, -0.2) is 37.1 Å². The molecule has 4 heterocycles. The second kappa shape index (κ2) is 8.49. The molecule has 6 rings (SSSR count). The average Bonchev–Trinajstić information content (AvgIpc) is 3.26. The summed E-state index contributed by atoms with van der Waals surface area (Å²) in [5, 5.41) is 10.4. The molecule has 0 spiro atoms. The maximum atomic E-state index is 14.8. The predicted molar refractivity (Wildman–Crippen MR) is 115 cm³/mol.